The Balaban J connectivity index is 2.03. The smallest absolute Gasteiger partial charge is 0.421 e. The van der Waals surface area contributed by atoms with Crippen molar-refractivity contribution in [1.29, 1.82) is 0 Å². The van der Waals surface area contributed by atoms with Crippen LogP contribution in [0.15, 0.2) is 59.3 Å². The molecule has 2 heterocycles. The van der Waals surface area contributed by atoms with E-state index in [0.29, 0.717) is 4.47 Å². The van der Waals surface area contributed by atoms with Crippen LogP contribution in [0, 0.1) is 5.92 Å². The van der Waals surface area contributed by atoms with Gasteiger partial charge in [0.05, 0.1) is 11.3 Å². The van der Waals surface area contributed by atoms with Gasteiger partial charge in [0.1, 0.15) is 17.0 Å². The maximum absolute atomic E-state index is 13.3. The molecule has 11 heteroatoms. The minimum Gasteiger partial charge on any atom is -0.478 e. The SMILES string of the molecule is CC(C)CN(C(=O)c1ccc(Br)cn1)c1ccc(Oc2ncccc2C(F)(F)F)cc1C(=O)O. The molecule has 3 aromatic rings. The Kier molecular flexibility index (Phi) is 7.55. The van der Waals surface area contributed by atoms with E-state index in [0.717, 1.165) is 24.4 Å². The van der Waals surface area contributed by atoms with Gasteiger partial charge in [0.15, 0.2) is 0 Å². The van der Waals surface area contributed by atoms with Crippen molar-refractivity contribution in [3.05, 3.63) is 76.2 Å². The summed E-state index contributed by atoms with van der Waals surface area (Å²) in [6.45, 7) is 3.88. The van der Waals surface area contributed by atoms with Crippen molar-refractivity contribution < 1.29 is 32.6 Å². The summed E-state index contributed by atoms with van der Waals surface area (Å²) in [4.78, 5) is 34.2. The standard InChI is InChI=1S/C23H19BrF3N3O4/c1-13(2)12-30(21(31)18-7-5-14(24)11-29-18)19-8-6-15(10-16(19)22(32)33)34-20-17(23(25,26)27)4-3-9-28-20/h3-11,13H,12H2,1-2H3,(H,32,33). The fraction of sp³-hybridized carbons (Fsp3) is 0.217. The van der Waals surface area contributed by atoms with Crippen molar-refractivity contribution in [2.24, 2.45) is 5.92 Å². The van der Waals surface area contributed by atoms with Gasteiger partial charge in [-0.05, 0) is 64.3 Å². The van der Waals surface area contributed by atoms with E-state index in [1.54, 1.807) is 6.07 Å². The zero-order chi connectivity index (χ0) is 25.0. The van der Waals surface area contributed by atoms with Gasteiger partial charge in [0.25, 0.3) is 5.91 Å². The van der Waals surface area contributed by atoms with Crippen LogP contribution in [0.1, 0.15) is 40.3 Å². The number of alkyl halides is 3. The second-order valence-electron chi connectivity index (χ2n) is 7.61. The van der Waals surface area contributed by atoms with E-state index in [1.165, 1.54) is 29.3 Å². The molecule has 1 amide bonds. The number of ether oxygens (including phenoxy) is 1. The number of nitrogens with zero attached hydrogens (tertiary/aromatic N) is 3. The molecule has 0 atom stereocenters. The summed E-state index contributed by atoms with van der Waals surface area (Å²) in [5.74, 6) is -2.83. The predicted octanol–water partition coefficient (Wildman–Crippen LogP) is 6.05. The normalized spacial score (nSPS) is 11.4. The second kappa shape index (κ2) is 10.2. The van der Waals surface area contributed by atoms with Crippen LogP contribution in [-0.4, -0.2) is 33.5 Å². The number of carbonyl (C=O) groups excluding carboxylic acids is 1. The van der Waals surface area contributed by atoms with E-state index in [9.17, 15) is 27.9 Å². The van der Waals surface area contributed by atoms with Gasteiger partial charge in [0.2, 0.25) is 5.88 Å². The van der Waals surface area contributed by atoms with Gasteiger partial charge in [-0.3, -0.25) is 4.79 Å². The van der Waals surface area contributed by atoms with Crippen molar-refractivity contribution in [3.63, 3.8) is 0 Å². The zero-order valence-electron chi connectivity index (χ0n) is 18.0. The van der Waals surface area contributed by atoms with E-state index in [2.05, 4.69) is 25.9 Å². The molecule has 1 aromatic carbocycles. The van der Waals surface area contributed by atoms with Crippen molar-refractivity contribution in [3.8, 4) is 11.6 Å². The third-order valence-electron chi connectivity index (χ3n) is 4.52. The van der Waals surface area contributed by atoms with Crippen LogP contribution in [0.2, 0.25) is 0 Å². The summed E-state index contributed by atoms with van der Waals surface area (Å²) in [5.41, 5.74) is -1.27. The van der Waals surface area contributed by atoms with Crippen molar-refractivity contribution >= 4 is 33.5 Å². The number of rotatable bonds is 7. The Morgan fingerprint density at radius 1 is 1.15 bits per heavy atom. The Hall–Kier alpha value is -3.47. The summed E-state index contributed by atoms with van der Waals surface area (Å²) < 4.78 is 45.7. The molecule has 0 aliphatic rings. The summed E-state index contributed by atoms with van der Waals surface area (Å²) in [6.07, 6.45) is -2.14. The Labute approximate surface area is 201 Å². The van der Waals surface area contributed by atoms with Gasteiger partial charge in [-0.2, -0.15) is 13.2 Å². The number of hydrogen-bond acceptors (Lipinski definition) is 5. The third kappa shape index (κ3) is 5.90. The zero-order valence-corrected chi connectivity index (χ0v) is 19.6. The molecule has 2 aromatic heterocycles. The molecule has 0 aliphatic heterocycles. The summed E-state index contributed by atoms with van der Waals surface area (Å²) in [6, 6.07) is 8.71. The van der Waals surface area contributed by atoms with Gasteiger partial charge in [-0.1, -0.05) is 13.8 Å². The van der Waals surface area contributed by atoms with Gasteiger partial charge in [-0.15, -0.1) is 0 Å². The number of anilines is 1. The molecule has 7 nitrogen and oxygen atoms in total. The number of pyridine rings is 2. The lowest BCUT2D eigenvalue weighted by Crippen LogP contribution is -2.36. The average Bonchev–Trinajstić information content (AvgIpc) is 2.77. The molecule has 0 fully saturated rings. The molecule has 0 spiro atoms. The molecule has 0 aliphatic carbocycles. The number of carboxylic acid groups (broad SMARTS) is 1. The lowest BCUT2D eigenvalue weighted by atomic mass is 10.1. The Morgan fingerprint density at radius 3 is 2.47 bits per heavy atom. The number of hydrogen-bond donors (Lipinski definition) is 1. The number of amides is 1. The minimum atomic E-state index is -4.71. The first-order chi connectivity index (χ1) is 16.0. The summed E-state index contributed by atoms with van der Waals surface area (Å²) in [7, 11) is 0. The molecule has 3 rings (SSSR count). The van der Waals surface area contributed by atoms with Crippen LogP contribution >= 0.6 is 15.9 Å². The van der Waals surface area contributed by atoms with Crippen LogP contribution in [0.25, 0.3) is 0 Å². The number of aromatic nitrogens is 2. The monoisotopic (exact) mass is 537 g/mol. The highest BCUT2D eigenvalue weighted by Crippen LogP contribution is 2.37. The van der Waals surface area contributed by atoms with Crippen LogP contribution < -0.4 is 9.64 Å². The van der Waals surface area contributed by atoms with Crippen molar-refractivity contribution in [1.82, 2.24) is 9.97 Å². The highest BCUT2D eigenvalue weighted by molar-refractivity contribution is 9.10. The van der Waals surface area contributed by atoms with E-state index >= 15 is 0 Å². The quantitative estimate of drug-likeness (QED) is 0.394. The average molecular weight is 538 g/mol. The highest BCUT2D eigenvalue weighted by atomic mass is 79.9. The van der Waals surface area contributed by atoms with Gasteiger partial charge < -0.3 is 14.7 Å². The van der Waals surface area contributed by atoms with E-state index < -0.39 is 29.5 Å². The molecule has 0 bridgehead atoms. The largest absolute Gasteiger partial charge is 0.478 e. The van der Waals surface area contributed by atoms with Gasteiger partial charge in [-0.25, -0.2) is 14.8 Å². The molecule has 0 radical (unpaired) electrons. The lowest BCUT2D eigenvalue weighted by Gasteiger charge is -2.26. The highest BCUT2D eigenvalue weighted by Gasteiger charge is 2.35. The van der Waals surface area contributed by atoms with E-state index in [1.807, 2.05) is 13.8 Å². The third-order valence-corrected chi connectivity index (χ3v) is 4.99. The molecule has 0 unspecified atom stereocenters. The van der Waals surface area contributed by atoms with Crippen molar-refractivity contribution in [2.75, 3.05) is 11.4 Å². The summed E-state index contributed by atoms with van der Waals surface area (Å²) >= 11 is 3.25. The number of halogens is 4. The van der Waals surface area contributed by atoms with Gasteiger partial charge in [0, 0.05) is 23.4 Å². The molecular formula is C23H19BrF3N3O4. The van der Waals surface area contributed by atoms with Crippen LogP contribution in [0.4, 0.5) is 18.9 Å². The minimum absolute atomic E-state index is 0.0279. The first kappa shape index (κ1) is 25.2. The molecule has 34 heavy (non-hydrogen) atoms. The van der Waals surface area contributed by atoms with Crippen LogP contribution in [0.5, 0.6) is 11.6 Å². The van der Waals surface area contributed by atoms with Gasteiger partial charge >= 0.3 is 12.1 Å². The summed E-state index contributed by atoms with van der Waals surface area (Å²) in [5, 5.41) is 9.80. The van der Waals surface area contributed by atoms with Crippen LogP contribution in [-0.2, 0) is 6.18 Å². The van der Waals surface area contributed by atoms with Crippen molar-refractivity contribution in [2.45, 2.75) is 20.0 Å². The first-order valence-electron chi connectivity index (χ1n) is 9.98. The maximum Gasteiger partial charge on any atom is 0.421 e. The number of carbonyl (C=O) groups is 2. The molecule has 1 N–H and O–H groups in total. The predicted molar refractivity (Wildman–Crippen MR) is 121 cm³/mol. The molecule has 0 saturated carbocycles. The fourth-order valence-electron chi connectivity index (χ4n) is 3.08. The lowest BCUT2D eigenvalue weighted by molar-refractivity contribution is -0.138. The molecule has 0 saturated heterocycles. The van der Waals surface area contributed by atoms with Crippen LogP contribution in [0.3, 0.4) is 0 Å². The number of benzene rings is 1. The molecule has 178 valence electrons. The molecular weight excluding hydrogens is 519 g/mol. The first-order valence-corrected chi connectivity index (χ1v) is 10.8. The Morgan fingerprint density at radius 2 is 1.88 bits per heavy atom. The topological polar surface area (TPSA) is 92.6 Å². The van der Waals surface area contributed by atoms with E-state index in [-0.39, 0.29) is 35.2 Å². The maximum atomic E-state index is 13.3. The second-order valence-corrected chi connectivity index (χ2v) is 8.53. The Bertz CT molecular complexity index is 1200. The fourth-order valence-corrected chi connectivity index (χ4v) is 3.32. The van der Waals surface area contributed by atoms with E-state index in [4.69, 9.17) is 4.74 Å². The number of aromatic carboxylic acids is 1. The number of carboxylic acids is 1.